The maximum Gasteiger partial charge on any atom is 0.246 e. The van der Waals surface area contributed by atoms with Gasteiger partial charge in [-0.2, -0.15) is 0 Å². The van der Waals surface area contributed by atoms with E-state index in [0.717, 1.165) is 18.1 Å². The molecule has 0 bridgehead atoms. The van der Waals surface area contributed by atoms with Crippen molar-refractivity contribution in [2.24, 2.45) is 10.7 Å². The predicted molar refractivity (Wildman–Crippen MR) is 90.9 cm³/mol. The molecule has 0 radical (unpaired) electrons. The molecule has 5 nitrogen and oxygen atoms in total. The summed E-state index contributed by atoms with van der Waals surface area (Å²) in [5, 5.41) is 4.91. The van der Waals surface area contributed by atoms with Gasteiger partial charge in [0, 0.05) is 5.69 Å². The minimum atomic E-state index is -1.65. The minimum Gasteiger partial charge on any atom is -0.370 e. The van der Waals surface area contributed by atoms with Gasteiger partial charge in [0.15, 0.2) is 23.4 Å². The highest BCUT2D eigenvalue weighted by molar-refractivity contribution is 5.97. The van der Waals surface area contributed by atoms with Crippen LogP contribution in [0.25, 0.3) is 0 Å². The van der Waals surface area contributed by atoms with Gasteiger partial charge in [0.1, 0.15) is 6.54 Å². The van der Waals surface area contributed by atoms with Crippen LogP contribution in [0, 0.1) is 17.5 Å². The summed E-state index contributed by atoms with van der Waals surface area (Å²) in [5.74, 6) is -5.20. The number of amides is 1. The molecule has 0 saturated carbocycles. The van der Waals surface area contributed by atoms with Crippen molar-refractivity contribution in [1.29, 1.82) is 0 Å². The molecule has 0 unspecified atom stereocenters. The molecule has 4 N–H and O–H groups in total. The number of aryl methyl sites for hydroxylation is 1. The number of hydrogen-bond acceptors (Lipinski definition) is 2. The van der Waals surface area contributed by atoms with Crippen LogP contribution in [0.1, 0.15) is 12.5 Å². The summed E-state index contributed by atoms with van der Waals surface area (Å²) in [6.45, 7) is 1.62. The fraction of sp³-hybridized carbons (Fsp3) is 0.176. The largest absolute Gasteiger partial charge is 0.370 e. The summed E-state index contributed by atoms with van der Waals surface area (Å²) in [6.07, 6.45) is 0.907. The van der Waals surface area contributed by atoms with Crippen LogP contribution in [0.5, 0.6) is 0 Å². The number of guanidine groups is 1. The highest BCUT2D eigenvalue weighted by atomic mass is 19.2. The number of nitrogens with one attached hydrogen (secondary N) is 2. The summed E-state index contributed by atoms with van der Waals surface area (Å²) in [5.41, 5.74) is 7.06. The summed E-state index contributed by atoms with van der Waals surface area (Å²) in [4.78, 5) is 15.5. The molecule has 0 heterocycles. The predicted octanol–water partition coefficient (Wildman–Crippen LogP) is 3.03. The first-order valence-corrected chi connectivity index (χ1v) is 7.50. The Labute approximate surface area is 142 Å². The Morgan fingerprint density at radius 1 is 1.04 bits per heavy atom. The number of aliphatic imine (C=N–C) groups is 1. The van der Waals surface area contributed by atoms with Gasteiger partial charge in [0.25, 0.3) is 0 Å². The first-order chi connectivity index (χ1) is 11.9. The number of nitrogens with zero attached hydrogens (tertiary/aromatic N) is 1. The maximum atomic E-state index is 13.5. The van der Waals surface area contributed by atoms with Crippen LogP contribution in [0.4, 0.5) is 24.5 Å². The molecular weight excluding hydrogens is 333 g/mol. The maximum absolute atomic E-state index is 13.5. The number of carbonyl (C=O) groups excluding carboxylic acids is 1. The Bertz CT molecular complexity index is 791. The molecule has 0 aromatic heterocycles. The van der Waals surface area contributed by atoms with Crippen molar-refractivity contribution in [2.45, 2.75) is 13.3 Å². The van der Waals surface area contributed by atoms with Gasteiger partial charge in [-0.05, 0) is 36.2 Å². The van der Waals surface area contributed by atoms with E-state index in [1.165, 1.54) is 0 Å². The topological polar surface area (TPSA) is 79.5 Å². The van der Waals surface area contributed by atoms with Crippen molar-refractivity contribution in [2.75, 3.05) is 17.2 Å². The lowest BCUT2D eigenvalue weighted by Crippen LogP contribution is -2.25. The molecule has 2 aromatic rings. The molecule has 0 aliphatic heterocycles. The van der Waals surface area contributed by atoms with Crippen LogP contribution in [0.2, 0.25) is 0 Å². The van der Waals surface area contributed by atoms with Crippen molar-refractivity contribution in [3.05, 3.63) is 59.4 Å². The average molecular weight is 350 g/mol. The van der Waals surface area contributed by atoms with Gasteiger partial charge in [0.2, 0.25) is 5.91 Å². The smallest absolute Gasteiger partial charge is 0.246 e. The van der Waals surface area contributed by atoms with Gasteiger partial charge in [-0.3, -0.25) is 4.79 Å². The van der Waals surface area contributed by atoms with E-state index in [2.05, 4.69) is 15.6 Å². The zero-order chi connectivity index (χ0) is 18.4. The molecule has 0 spiro atoms. The van der Waals surface area contributed by atoms with Gasteiger partial charge in [-0.15, -0.1) is 0 Å². The van der Waals surface area contributed by atoms with E-state index in [1.54, 1.807) is 0 Å². The quantitative estimate of drug-likeness (QED) is 0.441. The second-order valence-electron chi connectivity index (χ2n) is 5.15. The van der Waals surface area contributed by atoms with Crippen LogP contribution < -0.4 is 16.4 Å². The van der Waals surface area contributed by atoms with E-state index in [4.69, 9.17) is 5.73 Å². The molecule has 2 aromatic carbocycles. The molecule has 1 amide bonds. The lowest BCUT2D eigenvalue weighted by molar-refractivity contribution is -0.114. The lowest BCUT2D eigenvalue weighted by atomic mass is 10.1. The summed E-state index contributed by atoms with van der Waals surface area (Å²) >= 11 is 0. The van der Waals surface area contributed by atoms with Gasteiger partial charge in [0.05, 0.1) is 5.69 Å². The van der Waals surface area contributed by atoms with E-state index in [9.17, 15) is 18.0 Å². The molecule has 0 saturated heterocycles. The second kappa shape index (κ2) is 8.18. The normalized spacial score (nSPS) is 11.3. The average Bonchev–Trinajstić information content (AvgIpc) is 2.61. The van der Waals surface area contributed by atoms with Gasteiger partial charge in [-0.1, -0.05) is 19.1 Å². The van der Waals surface area contributed by atoms with Crippen LogP contribution in [-0.4, -0.2) is 18.4 Å². The van der Waals surface area contributed by atoms with Crippen molar-refractivity contribution in [3.63, 3.8) is 0 Å². The third kappa shape index (κ3) is 4.97. The summed E-state index contributed by atoms with van der Waals surface area (Å²) in [7, 11) is 0. The number of carbonyl (C=O) groups is 1. The number of anilines is 2. The van der Waals surface area contributed by atoms with E-state index in [-0.39, 0.29) is 5.96 Å². The molecule has 25 heavy (non-hydrogen) atoms. The number of hydrogen-bond donors (Lipinski definition) is 3. The summed E-state index contributed by atoms with van der Waals surface area (Å²) in [6, 6.07) is 9.12. The zero-order valence-electron chi connectivity index (χ0n) is 13.4. The lowest BCUT2D eigenvalue weighted by Gasteiger charge is -2.08. The molecule has 8 heteroatoms. The third-order valence-electron chi connectivity index (χ3n) is 3.34. The standard InChI is InChI=1S/C17H17F3N4O/c1-2-10-3-5-11(6-4-10)23-17(21)22-9-14(25)24-13-8-7-12(18)15(19)16(13)20/h3-8H,2,9H2,1H3,(H,24,25)(H3,21,22,23). The van der Waals surface area contributed by atoms with Crippen molar-refractivity contribution in [1.82, 2.24) is 0 Å². The summed E-state index contributed by atoms with van der Waals surface area (Å²) < 4.78 is 39.4. The monoisotopic (exact) mass is 350 g/mol. The molecule has 132 valence electrons. The minimum absolute atomic E-state index is 0.00911. The van der Waals surface area contributed by atoms with E-state index >= 15 is 0 Å². The van der Waals surface area contributed by atoms with Gasteiger partial charge in [-0.25, -0.2) is 18.2 Å². The SMILES string of the molecule is CCc1ccc(NC(N)=NCC(=O)Nc2ccc(F)c(F)c2F)cc1. The Kier molecular flexibility index (Phi) is 5.99. The highest BCUT2D eigenvalue weighted by Gasteiger charge is 2.15. The van der Waals surface area contributed by atoms with Crippen LogP contribution >= 0.6 is 0 Å². The molecular formula is C17H17F3N4O. The van der Waals surface area contributed by atoms with Crippen molar-refractivity contribution < 1.29 is 18.0 Å². The number of benzene rings is 2. The Hall–Kier alpha value is -3.03. The van der Waals surface area contributed by atoms with E-state index < -0.39 is 35.6 Å². The van der Waals surface area contributed by atoms with E-state index in [1.807, 2.05) is 31.2 Å². The molecule has 2 rings (SSSR count). The first-order valence-electron chi connectivity index (χ1n) is 7.50. The molecule has 0 aliphatic rings. The Morgan fingerprint density at radius 3 is 2.36 bits per heavy atom. The van der Waals surface area contributed by atoms with Crippen molar-refractivity contribution in [3.8, 4) is 0 Å². The number of halogens is 3. The number of rotatable bonds is 5. The molecule has 0 aliphatic carbocycles. The van der Waals surface area contributed by atoms with Crippen LogP contribution in [0.3, 0.4) is 0 Å². The van der Waals surface area contributed by atoms with Crippen LogP contribution in [-0.2, 0) is 11.2 Å². The first kappa shape index (κ1) is 18.3. The highest BCUT2D eigenvalue weighted by Crippen LogP contribution is 2.19. The zero-order valence-corrected chi connectivity index (χ0v) is 13.4. The fourth-order valence-electron chi connectivity index (χ4n) is 1.98. The number of nitrogens with two attached hydrogens (primary N) is 1. The van der Waals surface area contributed by atoms with Gasteiger partial charge < -0.3 is 16.4 Å². The fourth-order valence-corrected chi connectivity index (χ4v) is 1.98. The van der Waals surface area contributed by atoms with Crippen molar-refractivity contribution >= 4 is 23.2 Å². The molecule has 0 fully saturated rings. The Balaban J connectivity index is 1.93. The van der Waals surface area contributed by atoms with Gasteiger partial charge >= 0.3 is 0 Å². The van der Waals surface area contributed by atoms with Crippen LogP contribution in [0.15, 0.2) is 41.4 Å². The molecule has 0 atom stereocenters. The van der Waals surface area contributed by atoms with E-state index in [0.29, 0.717) is 11.8 Å². The Morgan fingerprint density at radius 2 is 1.72 bits per heavy atom. The second-order valence-corrected chi connectivity index (χ2v) is 5.15. The third-order valence-corrected chi connectivity index (χ3v) is 3.34.